The first kappa shape index (κ1) is 12.9. The number of furan rings is 1. The Bertz CT molecular complexity index is 584. The van der Waals surface area contributed by atoms with Gasteiger partial charge in [0.2, 0.25) is 5.88 Å². The van der Waals surface area contributed by atoms with Crippen molar-refractivity contribution in [1.82, 2.24) is 9.88 Å². The van der Waals surface area contributed by atoms with Crippen LogP contribution < -0.4 is 4.74 Å². The van der Waals surface area contributed by atoms with Gasteiger partial charge in [0.05, 0.1) is 12.5 Å². The molecule has 3 saturated heterocycles. The lowest BCUT2D eigenvalue weighted by molar-refractivity contribution is -0.0525. The third-order valence-corrected chi connectivity index (χ3v) is 4.94. The van der Waals surface area contributed by atoms with E-state index in [9.17, 15) is 0 Å². The predicted octanol–water partition coefficient (Wildman–Crippen LogP) is 3.20. The minimum absolute atomic E-state index is 0.278. The molecule has 4 nitrogen and oxygen atoms in total. The number of hydrogen-bond acceptors (Lipinski definition) is 4. The van der Waals surface area contributed by atoms with Gasteiger partial charge in [0.1, 0.15) is 6.10 Å². The Hall–Kier alpha value is -1.81. The van der Waals surface area contributed by atoms with Crippen molar-refractivity contribution in [2.75, 3.05) is 13.1 Å². The van der Waals surface area contributed by atoms with Crippen molar-refractivity contribution < 1.29 is 9.15 Å². The van der Waals surface area contributed by atoms with Gasteiger partial charge in [-0.3, -0.25) is 4.90 Å². The van der Waals surface area contributed by atoms with Gasteiger partial charge in [-0.25, -0.2) is 4.98 Å². The molecule has 2 bridgehead atoms. The third kappa shape index (κ3) is 2.33. The Morgan fingerprint density at radius 3 is 2.67 bits per heavy atom. The number of hydrogen-bond donors (Lipinski definition) is 0. The van der Waals surface area contributed by atoms with Crippen molar-refractivity contribution in [1.29, 1.82) is 0 Å². The fraction of sp³-hybridized carbons (Fsp3) is 0.471. The molecule has 0 spiro atoms. The summed E-state index contributed by atoms with van der Waals surface area (Å²) >= 11 is 0. The number of aromatic nitrogens is 1. The molecule has 2 aromatic heterocycles. The van der Waals surface area contributed by atoms with E-state index in [1.807, 2.05) is 24.4 Å². The molecule has 0 N–H and O–H groups in total. The average molecular weight is 284 g/mol. The van der Waals surface area contributed by atoms with E-state index in [1.165, 1.54) is 25.9 Å². The zero-order chi connectivity index (χ0) is 14.2. The largest absolute Gasteiger partial charge is 0.472 e. The molecule has 110 valence electrons. The van der Waals surface area contributed by atoms with Crippen LogP contribution in [0.15, 0.2) is 41.3 Å². The highest BCUT2D eigenvalue weighted by Gasteiger charge is 2.41. The highest BCUT2D eigenvalue weighted by atomic mass is 16.5. The maximum atomic E-state index is 6.20. The first-order chi connectivity index (χ1) is 10.3. The van der Waals surface area contributed by atoms with Gasteiger partial charge >= 0.3 is 0 Å². The van der Waals surface area contributed by atoms with E-state index in [4.69, 9.17) is 9.15 Å². The van der Waals surface area contributed by atoms with E-state index in [2.05, 4.69) is 16.8 Å². The Kier molecular flexibility index (Phi) is 3.19. The average Bonchev–Trinajstić information content (AvgIpc) is 3.06. The highest BCUT2D eigenvalue weighted by molar-refractivity contribution is 5.60. The summed E-state index contributed by atoms with van der Waals surface area (Å²) in [6.07, 6.45) is 8.04. The molecular formula is C17H20N2O2. The predicted molar refractivity (Wildman–Crippen MR) is 80.1 cm³/mol. The molecular weight excluding hydrogens is 264 g/mol. The smallest absolute Gasteiger partial charge is 0.213 e. The molecule has 21 heavy (non-hydrogen) atoms. The molecule has 2 aromatic rings. The monoisotopic (exact) mass is 284 g/mol. The van der Waals surface area contributed by atoms with E-state index in [0.717, 1.165) is 17.0 Å². The van der Waals surface area contributed by atoms with Crippen molar-refractivity contribution >= 4 is 0 Å². The Morgan fingerprint density at radius 2 is 2.05 bits per heavy atom. The zero-order valence-electron chi connectivity index (χ0n) is 12.2. The lowest BCUT2D eigenvalue weighted by Gasteiger charge is -2.49. The van der Waals surface area contributed by atoms with Crippen LogP contribution in [0.5, 0.6) is 5.88 Å². The first-order valence-electron chi connectivity index (χ1n) is 7.70. The highest BCUT2D eigenvalue weighted by Crippen LogP contribution is 2.34. The molecule has 0 saturated carbocycles. The van der Waals surface area contributed by atoms with Crippen LogP contribution in [0.2, 0.25) is 0 Å². The summed E-state index contributed by atoms with van der Waals surface area (Å²) in [4.78, 5) is 7.00. The van der Waals surface area contributed by atoms with Gasteiger partial charge in [-0.15, -0.1) is 0 Å². The van der Waals surface area contributed by atoms with E-state index in [1.54, 1.807) is 12.5 Å². The molecule has 2 unspecified atom stereocenters. The Labute approximate surface area is 124 Å². The minimum Gasteiger partial charge on any atom is -0.472 e. The minimum atomic E-state index is 0.278. The van der Waals surface area contributed by atoms with E-state index < -0.39 is 0 Å². The topological polar surface area (TPSA) is 38.5 Å². The molecule has 0 aromatic carbocycles. The van der Waals surface area contributed by atoms with Gasteiger partial charge in [-0.05, 0) is 50.9 Å². The molecule has 3 aliphatic heterocycles. The van der Waals surface area contributed by atoms with Crippen molar-refractivity contribution in [3.8, 4) is 17.0 Å². The molecule has 0 aliphatic carbocycles. The molecule has 0 amide bonds. The molecule has 0 radical (unpaired) electrons. The number of nitrogens with zero attached hydrogens (tertiary/aromatic N) is 2. The van der Waals surface area contributed by atoms with Crippen LogP contribution in [0, 0.1) is 5.92 Å². The number of ether oxygens (including phenoxy) is 1. The number of piperidine rings is 3. The Morgan fingerprint density at radius 1 is 1.19 bits per heavy atom. The van der Waals surface area contributed by atoms with Gasteiger partial charge < -0.3 is 9.15 Å². The van der Waals surface area contributed by atoms with Crippen LogP contribution in [-0.2, 0) is 0 Å². The SMILES string of the molecule is CC1C(Oc2ccc(-c3ccoc3)cn2)C2CCN1CC2. The summed E-state index contributed by atoms with van der Waals surface area (Å²) in [5, 5.41) is 0. The maximum absolute atomic E-state index is 6.20. The van der Waals surface area contributed by atoms with Crippen molar-refractivity contribution in [3.05, 3.63) is 36.9 Å². The second-order valence-electron chi connectivity index (χ2n) is 6.09. The summed E-state index contributed by atoms with van der Waals surface area (Å²) in [5.41, 5.74) is 2.10. The van der Waals surface area contributed by atoms with Crippen molar-refractivity contribution in [2.24, 2.45) is 5.92 Å². The maximum Gasteiger partial charge on any atom is 0.213 e. The quantitative estimate of drug-likeness (QED) is 0.867. The second kappa shape index (κ2) is 5.19. The lowest BCUT2D eigenvalue weighted by atomic mass is 9.81. The van der Waals surface area contributed by atoms with Gasteiger partial charge in [-0.2, -0.15) is 0 Å². The summed E-state index contributed by atoms with van der Waals surface area (Å²) < 4.78 is 11.3. The third-order valence-electron chi connectivity index (χ3n) is 4.94. The fourth-order valence-electron chi connectivity index (χ4n) is 3.64. The van der Waals surface area contributed by atoms with Gasteiger partial charge in [0.25, 0.3) is 0 Å². The van der Waals surface area contributed by atoms with Crippen LogP contribution in [0.25, 0.3) is 11.1 Å². The zero-order valence-corrected chi connectivity index (χ0v) is 12.2. The van der Waals surface area contributed by atoms with Crippen molar-refractivity contribution in [2.45, 2.75) is 31.9 Å². The van der Waals surface area contributed by atoms with Crippen molar-refractivity contribution in [3.63, 3.8) is 0 Å². The number of pyridine rings is 1. The van der Waals surface area contributed by atoms with Gasteiger partial charge in [-0.1, -0.05) is 0 Å². The van der Waals surface area contributed by atoms with E-state index in [0.29, 0.717) is 12.0 Å². The normalized spacial score (nSPS) is 31.3. The molecule has 3 aliphatic rings. The summed E-state index contributed by atoms with van der Waals surface area (Å²) in [6.45, 7) is 4.72. The molecule has 5 heterocycles. The number of rotatable bonds is 3. The van der Waals surface area contributed by atoms with Crippen LogP contribution in [0.3, 0.4) is 0 Å². The van der Waals surface area contributed by atoms with E-state index >= 15 is 0 Å². The number of fused-ring (bicyclic) bond motifs is 3. The van der Waals surface area contributed by atoms with E-state index in [-0.39, 0.29) is 6.10 Å². The molecule has 3 fully saturated rings. The first-order valence-corrected chi connectivity index (χ1v) is 7.70. The standard InChI is InChI=1S/C17H20N2O2/c1-12-17(13-4-7-19(12)8-5-13)21-16-3-2-14(10-18-16)15-6-9-20-11-15/h2-3,6,9-13,17H,4-5,7-8H2,1H3. The lowest BCUT2D eigenvalue weighted by Crippen LogP contribution is -2.58. The van der Waals surface area contributed by atoms with Gasteiger partial charge in [0.15, 0.2) is 0 Å². The Balaban J connectivity index is 1.50. The van der Waals surface area contributed by atoms with Crippen LogP contribution in [-0.4, -0.2) is 35.1 Å². The summed E-state index contributed by atoms with van der Waals surface area (Å²) in [5.74, 6) is 1.41. The summed E-state index contributed by atoms with van der Waals surface area (Å²) in [7, 11) is 0. The second-order valence-corrected chi connectivity index (χ2v) is 6.09. The van der Waals surface area contributed by atoms with Crippen LogP contribution in [0.1, 0.15) is 19.8 Å². The summed E-state index contributed by atoms with van der Waals surface area (Å²) in [6, 6.07) is 6.44. The fourth-order valence-corrected chi connectivity index (χ4v) is 3.64. The molecule has 2 atom stereocenters. The van der Waals surface area contributed by atoms with Crippen LogP contribution in [0.4, 0.5) is 0 Å². The van der Waals surface area contributed by atoms with Gasteiger partial charge in [0, 0.05) is 29.4 Å². The molecule has 4 heteroatoms. The van der Waals surface area contributed by atoms with Crippen LogP contribution >= 0.6 is 0 Å². The molecule has 5 rings (SSSR count).